The molecule has 5 heteroatoms. The molecule has 4 bridgehead atoms. The van der Waals surface area contributed by atoms with Crippen LogP contribution in [0.1, 0.15) is 52.4 Å². The van der Waals surface area contributed by atoms with Gasteiger partial charge in [-0.3, -0.25) is 9.59 Å². The summed E-state index contributed by atoms with van der Waals surface area (Å²) in [5.74, 6) is 1.47. The van der Waals surface area contributed by atoms with Crippen LogP contribution in [0.2, 0.25) is 0 Å². The summed E-state index contributed by atoms with van der Waals surface area (Å²) in [7, 11) is 0. The van der Waals surface area contributed by atoms with Gasteiger partial charge in [0.15, 0.2) is 0 Å². The van der Waals surface area contributed by atoms with Gasteiger partial charge in [0.2, 0.25) is 0 Å². The minimum absolute atomic E-state index is 0.0557. The van der Waals surface area contributed by atoms with Crippen molar-refractivity contribution < 1.29 is 14.7 Å². The Morgan fingerprint density at radius 3 is 2.13 bits per heavy atom. The van der Waals surface area contributed by atoms with E-state index in [9.17, 15) is 9.59 Å². The summed E-state index contributed by atoms with van der Waals surface area (Å²) in [5.41, 5.74) is 0.207. The molecule has 23 heavy (non-hydrogen) atoms. The molecule has 0 aliphatic heterocycles. The van der Waals surface area contributed by atoms with Gasteiger partial charge in [0.25, 0.3) is 0 Å². The SMILES string of the molecule is CCN(CCO)C(=O)C(=O)NC(C)C12CC3CC(CC(C3)C1)C2. The molecule has 1 atom stereocenters. The van der Waals surface area contributed by atoms with Crippen molar-refractivity contribution in [2.24, 2.45) is 23.2 Å². The molecule has 0 radical (unpaired) electrons. The number of nitrogens with one attached hydrogen (secondary N) is 1. The van der Waals surface area contributed by atoms with Crippen molar-refractivity contribution in [2.45, 2.75) is 58.4 Å². The lowest BCUT2D eigenvalue weighted by Crippen LogP contribution is -2.57. The molecule has 130 valence electrons. The molecule has 0 spiro atoms. The molecule has 4 saturated carbocycles. The topological polar surface area (TPSA) is 69.6 Å². The zero-order chi connectivity index (χ0) is 16.6. The summed E-state index contributed by atoms with van der Waals surface area (Å²) in [5, 5.41) is 12.0. The monoisotopic (exact) mass is 322 g/mol. The van der Waals surface area contributed by atoms with Crippen LogP contribution in [-0.4, -0.2) is 47.6 Å². The first-order chi connectivity index (χ1) is 11.0. The van der Waals surface area contributed by atoms with E-state index in [2.05, 4.69) is 12.2 Å². The molecular weight excluding hydrogens is 292 g/mol. The standard InChI is InChI=1S/C18H30N2O3/c1-3-20(4-5-21)17(23)16(22)19-12(2)18-9-13-6-14(10-18)8-15(7-13)11-18/h12-15,21H,3-11H2,1-2H3,(H,19,22). The number of carbonyl (C=O) groups is 2. The fourth-order valence-electron chi connectivity index (χ4n) is 5.79. The smallest absolute Gasteiger partial charge is 0.311 e. The van der Waals surface area contributed by atoms with Crippen molar-refractivity contribution in [1.29, 1.82) is 0 Å². The summed E-state index contributed by atoms with van der Waals surface area (Å²) in [6.45, 7) is 4.45. The Balaban J connectivity index is 1.63. The highest BCUT2D eigenvalue weighted by molar-refractivity contribution is 6.35. The van der Waals surface area contributed by atoms with Gasteiger partial charge < -0.3 is 15.3 Å². The molecule has 0 saturated heterocycles. The Morgan fingerprint density at radius 2 is 1.70 bits per heavy atom. The Morgan fingerprint density at radius 1 is 1.17 bits per heavy atom. The normalized spacial score (nSPS) is 35.9. The van der Waals surface area contributed by atoms with Crippen LogP contribution in [0.25, 0.3) is 0 Å². The summed E-state index contributed by atoms with van der Waals surface area (Å²) >= 11 is 0. The van der Waals surface area contributed by atoms with E-state index in [1.54, 1.807) is 0 Å². The van der Waals surface area contributed by atoms with Gasteiger partial charge in [-0.15, -0.1) is 0 Å². The molecule has 5 nitrogen and oxygen atoms in total. The molecule has 4 rings (SSSR count). The van der Waals surface area contributed by atoms with E-state index in [1.165, 1.54) is 43.4 Å². The number of nitrogens with zero attached hydrogens (tertiary/aromatic N) is 1. The van der Waals surface area contributed by atoms with Gasteiger partial charge in [-0.2, -0.15) is 0 Å². The molecule has 4 aliphatic rings. The number of carbonyl (C=O) groups excluding carboxylic acids is 2. The van der Waals surface area contributed by atoms with E-state index in [0.29, 0.717) is 6.54 Å². The Kier molecular flexibility index (Phi) is 4.68. The number of aliphatic hydroxyl groups excluding tert-OH is 1. The molecule has 0 heterocycles. The average Bonchev–Trinajstić information content (AvgIpc) is 2.50. The van der Waals surface area contributed by atoms with Gasteiger partial charge in [-0.1, -0.05) is 0 Å². The lowest BCUT2D eigenvalue weighted by Gasteiger charge is -2.59. The van der Waals surface area contributed by atoms with E-state index in [-0.39, 0.29) is 24.6 Å². The predicted octanol–water partition coefficient (Wildman–Crippen LogP) is 1.55. The van der Waals surface area contributed by atoms with Gasteiger partial charge >= 0.3 is 11.8 Å². The highest BCUT2D eigenvalue weighted by Crippen LogP contribution is 2.61. The number of hydrogen-bond donors (Lipinski definition) is 2. The third kappa shape index (κ3) is 3.12. The first-order valence-electron chi connectivity index (χ1n) is 9.18. The van der Waals surface area contributed by atoms with Crippen molar-refractivity contribution in [1.82, 2.24) is 10.2 Å². The second kappa shape index (κ2) is 6.42. The first kappa shape index (κ1) is 16.7. The van der Waals surface area contributed by atoms with Crippen molar-refractivity contribution in [3.05, 3.63) is 0 Å². The van der Waals surface area contributed by atoms with Crippen LogP contribution in [0.3, 0.4) is 0 Å². The molecule has 2 amide bonds. The van der Waals surface area contributed by atoms with E-state index in [4.69, 9.17) is 5.11 Å². The van der Waals surface area contributed by atoms with Crippen LogP contribution in [0, 0.1) is 23.2 Å². The Labute approximate surface area is 138 Å². The fraction of sp³-hybridized carbons (Fsp3) is 0.889. The van der Waals surface area contributed by atoms with Crippen molar-refractivity contribution in [3.8, 4) is 0 Å². The average molecular weight is 322 g/mol. The van der Waals surface area contributed by atoms with Crippen LogP contribution in [0.15, 0.2) is 0 Å². The predicted molar refractivity (Wildman–Crippen MR) is 87.5 cm³/mol. The lowest BCUT2D eigenvalue weighted by molar-refractivity contribution is -0.148. The molecule has 1 unspecified atom stereocenters. The summed E-state index contributed by atoms with van der Waals surface area (Å²) < 4.78 is 0. The molecular formula is C18H30N2O3. The van der Waals surface area contributed by atoms with Crippen LogP contribution in [-0.2, 0) is 9.59 Å². The Hall–Kier alpha value is -1.10. The second-order valence-electron chi connectivity index (χ2n) is 8.08. The number of hydrogen-bond acceptors (Lipinski definition) is 3. The molecule has 4 aliphatic carbocycles. The highest BCUT2D eigenvalue weighted by Gasteiger charge is 2.53. The lowest BCUT2D eigenvalue weighted by atomic mass is 9.48. The number of likely N-dealkylation sites (N-methyl/N-ethyl adjacent to an activating group) is 1. The third-order valence-electron chi connectivity index (χ3n) is 6.58. The fourth-order valence-corrected chi connectivity index (χ4v) is 5.79. The van der Waals surface area contributed by atoms with Crippen LogP contribution in [0.5, 0.6) is 0 Å². The van der Waals surface area contributed by atoms with Crippen LogP contribution in [0.4, 0.5) is 0 Å². The van der Waals surface area contributed by atoms with Crippen molar-refractivity contribution in [2.75, 3.05) is 19.7 Å². The maximum absolute atomic E-state index is 12.3. The highest BCUT2D eigenvalue weighted by atomic mass is 16.3. The Bertz CT molecular complexity index is 442. The largest absolute Gasteiger partial charge is 0.395 e. The van der Waals surface area contributed by atoms with Gasteiger partial charge in [-0.25, -0.2) is 0 Å². The van der Waals surface area contributed by atoms with Gasteiger partial charge in [-0.05, 0) is 75.5 Å². The maximum atomic E-state index is 12.3. The number of aliphatic hydroxyl groups is 1. The van der Waals surface area contributed by atoms with Crippen molar-refractivity contribution in [3.63, 3.8) is 0 Å². The zero-order valence-corrected chi connectivity index (χ0v) is 14.4. The quantitative estimate of drug-likeness (QED) is 0.755. The van der Waals surface area contributed by atoms with E-state index in [1.807, 2.05) is 6.92 Å². The summed E-state index contributed by atoms with van der Waals surface area (Å²) in [4.78, 5) is 26.0. The molecule has 0 aromatic heterocycles. The first-order valence-corrected chi connectivity index (χ1v) is 9.18. The number of rotatable bonds is 5. The van der Waals surface area contributed by atoms with E-state index >= 15 is 0 Å². The number of amides is 2. The summed E-state index contributed by atoms with van der Waals surface area (Å²) in [6.07, 6.45) is 7.76. The second-order valence-corrected chi connectivity index (χ2v) is 8.08. The molecule has 0 aromatic carbocycles. The third-order valence-corrected chi connectivity index (χ3v) is 6.58. The minimum Gasteiger partial charge on any atom is -0.395 e. The minimum atomic E-state index is -0.516. The van der Waals surface area contributed by atoms with Gasteiger partial charge in [0.1, 0.15) is 0 Å². The molecule has 0 aromatic rings. The van der Waals surface area contributed by atoms with E-state index in [0.717, 1.165) is 17.8 Å². The van der Waals surface area contributed by atoms with E-state index < -0.39 is 11.8 Å². The van der Waals surface area contributed by atoms with Crippen LogP contribution < -0.4 is 5.32 Å². The maximum Gasteiger partial charge on any atom is 0.311 e. The van der Waals surface area contributed by atoms with Gasteiger partial charge in [0.05, 0.1) is 6.61 Å². The zero-order valence-electron chi connectivity index (χ0n) is 14.4. The molecule has 4 fully saturated rings. The van der Waals surface area contributed by atoms with Gasteiger partial charge in [0, 0.05) is 19.1 Å². The molecule has 2 N–H and O–H groups in total. The summed E-state index contributed by atoms with van der Waals surface area (Å²) in [6, 6.07) is 0.0557. The van der Waals surface area contributed by atoms with Crippen molar-refractivity contribution >= 4 is 11.8 Å². The van der Waals surface area contributed by atoms with Crippen LogP contribution >= 0.6 is 0 Å².